The van der Waals surface area contributed by atoms with Crippen molar-refractivity contribution in [2.45, 2.75) is 26.5 Å². The van der Waals surface area contributed by atoms with E-state index in [1.807, 2.05) is 13.8 Å². The van der Waals surface area contributed by atoms with Crippen molar-refractivity contribution in [1.82, 2.24) is 5.32 Å². The smallest absolute Gasteiger partial charge is 0.387 e. The molecule has 2 unspecified atom stereocenters. The van der Waals surface area contributed by atoms with E-state index >= 15 is 0 Å². The highest BCUT2D eigenvalue weighted by Gasteiger charge is 2.14. The third-order valence-electron chi connectivity index (χ3n) is 2.70. The molecule has 2 atom stereocenters. The molecule has 0 saturated carbocycles. The normalized spacial score (nSPS) is 14.4. The average molecular weight is 291 g/mol. The van der Waals surface area contributed by atoms with Crippen molar-refractivity contribution < 1.29 is 17.7 Å². The summed E-state index contributed by atoms with van der Waals surface area (Å²) >= 11 is 0. The molecule has 1 rings (SSSR count). The molecule has 0 aliphatic heterocycles. The SMILES string of the molecule is CCS(=O)CCNC(C)c1ccccc1OC(F)F. The Hall–Kier alpha value is -1.01. The summed E-state index contributed by atoms with van der Waals surface area (Å²) in [5.74, 6) is 1.36. The second kappa shape index (κ2) is 8.22. The number of ether oxygens (including phenoxy) is 1. The fraction of sp³-hybridized carbons (Fsp3) is 0.538. The van der Waals surface area contributed by atoms with Crippen molar-refractivity contribution in [3.8, 4) is 5.75 Å². The average Bonchev–Trinajstić information content (AvgIpc) is 2.38. The van der Waals surface area contributed by atoms with Crippen molar-refractivity contribution in [2.75, 3.05) is 18.1 Å². The van der Waals surface area contributed by atoms with Crippen molar-refractivity contribution >= 4 is 10.8 Å². The Morgan fingerprint density at radius 3 is 2.68 bits per heavy atom. The highest BCUT2D eigenvalue weighted by atomic mass is 32.2. The molecule has 19 heavy (non-hydrogen) atoms. The summed E-state index contributed by atoms with van der Waals surface area (Å²) in [7, 11) is -0.828. The highest BCUT2D eigenvalue weighted by Crippen LogP contribution is 2.26. The lowest BCUT2D eigenvalue weighted by Gasteiger charge is -2.17. The van der Waals surface area contributed by atoms with Crippen LogP contribution in [0.5, 0.6) is 5.75 Å². The van der Waals surface area contributed by atoms with Crippen molar-refractivity contribution in [3.63, 3.8) is 0 Å². The van der Waals surface area contributed by atoms with E-state index in [1.54, 1.807) is 18.2 Å². The monoisotopic (exact) mass is 291 g/mol. The molecule has 0 amide bonds. The van der Waals surface area contributed by atoms with Gasteiger partial charge in [0.15, 0.2) is 0 Å². The van der Waals surface area contributed by atoms with Crippen molar-refractivity contribution in [2.24, 2.45) is 0 Å². The van der Waals surface area contributed by atoms with Crippen molar-refractivity contribution in [3.05, 3.63) is 29.8 Å². The first-order valence-corrected chi connectivity index (χ1v) is 7.65. The van der Waals surface area contributed by atoms with Crippen LogP contribution >= 0.6 is 0 Å². The molecule has 0 spiro atoms. The third kappa shape index (κ3) is 5.65. The van der Waals surface area contributed by atoms with E-state index in [0.717, 1.165) is 0 Å². The van der Waals surface area contributed by atoms with E-state index in [9.17, 15) is 13.0 Å². The summed E-state index contributed by atoms with van der Waals surface area (Å²) in [5, 5.41) is 3.16. The highest BCUT2D eigenvalue weighted by molar-refractivity contribution is 7.84. The quantitative estimate of drug-likeness (QED) is 0.800. The van der Waals surface area contributed by atoms with Crippen LogP contribution in [0.2, 0.25) is 0 Å². The minimum Gasteiger partial charge on any atom is -0.434 e. The van der Waals surface area contributed by atoms with Crippen LogP contribution < -0.4 is 10.1 Å². The Labute approximate surface area is 114 Å². The first kappa shape index (κ1) is 16.0. The molecule has 0 aromatic heterocycles. The fourth-order valence-corrected chi connectivity index (χ4v) is 2.32. The van der Waals surface area contributed by atoms with E-state index in [-0.39, 0.29) is 11.8 Å². The lowest BCUT2D eigenvalue weighted by atomic mass is 10.1. The summed E-state index contributed by atoms with van der Waals surface area (Å²) in [5.41, 5.74) is 0.671. The van der Waals surface area contributed by atoms with Gasteiger partial charge in [-0.1, -0.05) is 25.1 Å². The lowest BCUT2D eigenvalue weighted by molar-refractivity contribution is -0.0506. The maximum absolute atomic E-state index is 12.3. The Morgan fingerprint density at radius 1 is 1.37 bits per heavy atom. The molecule has 0 aliphatic carbocycles. The zero-order valence-electron chi connectivity index (χ0n) is 11.1. The maximum atomic E-state index is 12.3. The second-order valence-corrected chi connectivity index (χ2v) is 5.89. The molecule has 0 fully saturated rings. The van der Waals surface area contributed by atoms with Gasteiger partial charge in [-0.3, -0.25) is 4.21 Å². The van der Waals surface area contributed by atoms with Crippen LogP contribution in [0.1, 0.15) is 25.5 Å². The number of hydrogen-bond donors (Lipinski definition) is 1. The van der Waals surface area contributed by atoms with Gasteiger partial charge in [-0.25, -0.2) is 0 Å². The number of nitrogens with one attached hydrogen (secondary N) is 1. The molecule has 108 valence electrons. The number of alkyl halides is 2. The predicted octanol–water partition coefficient (Wildman–Crippen LogP) is 2.71. The van der Waals surface area contributed by atoms with E-state index < -0.39 is 17.4 Å². The van der Waals surface area contributed by atoms with Gasteiger partial charge in [-0.15, -0.1) is 0 Å². The van der Waals surface area contributed by atoms with E-state index in [4.69, 9.17) is 0 Å². The minimum atomic E-state index is -2.83. The number of benzene rings is 1. The van der Waals surface area contributed by atoms with E-state index in [0.29, 0.717) is 23.6 Å². The zero-order chi connectivity index (χ0) is 14.3. The molecule has 3 nitrogen and oxygen atoms in total. The Bertz CT molecular complexity index is 415. The number of hydrogen-bond acceptors (Lipinski definition) is 3. The summed E-state index contributed by atoms with van der Waals surface area (Å²) in [4.78, 5) is 0. The van der Waals surface area contributed by atoms with Gasteiger partial charge in [0.2, 0.25) is 0 Å². The van der Waals surface area contributed by atoms with Crippen molar-refractivity contribution in [1.29, 1.82) is 0 Å². The van der Waals surface area contributed by atoms with Crippen LogP contribution in [0.25, 0.3) is 0 Å². The molecule has 0 saturated heterocycles. The Kier molecular flexibility index (Phi) is 6.94. The molecule has 0 radical (unpaired) electrons. The Balaban J connectivity index is 2.60. The molecule has 0 aliphatic rings. The van der Waals surface area contributed by atoms with Gasteiger partial charge < -0.3 is 10.1 Å². The van der Waals surface area contributed by atoms with Gasteiger partial charge in [0, 0.05) is 40.5 Å². The topological polar surface area (TPSA) is 38.3 Å². The first-order chi connectivity index (χ1) is 9.04. The molecule has 1 aromatic rings. The van der Waals surface area contributed by atoms with Crippen LogP contribution in [0.15, 0.2) is 24.3 Å². The maximum Gasteiger partial charge on any atom is 0.387 e. The largest absolute Gasteiger partial charge is 0.434 e. The second-order valence-electron chi connectivity index (χ2n) is 4.02. The van der Waals surface area contributed by atoms with E-state index in [2.05, 4.69) is 10.1 Å². The summed E-state index contributed by atoms with van der Waals surface area (Å²) < 4.78 is 40.3. The lowest BCUT2D eigenvalue weighted by Crippen LogP contribution is -2.24. The van der Waals surface area contributed by atoms with Gasteiger partial charge in [0.05, 0.1) is 0 Å². The predicted molar refractivity (Wildman–Crippen MR) is 73.0 cm³/mol. The van der Waals surface area contributed by atoms with Crippen LogP contribution in [0.3, 0.4) is 0 Å². The number of rotatable bonds is 8. The van der Waals surface area contributed by atoms with Gasteiger partial charge in [0.1, 0.15) is 5.75 Å². The van der Waals surface area contributed by atoms with Crippen LogP contribution in [0, 0.1) is 0 Å². The number of para-hydroxylation sites is 1. The molecule has 1 N–H and O–H groups in total. The molecular formula is C13H19F2NO2S. The standard InChI is InChI=1S/C13H19F2NO2S/c1-3-19(17)9-8-16-10(2)11-6-4-5-7-12(11)18-13(14)15/h4-7,10,13,16H,3,8-9H2,1-2H3. The fourth-order valence-electron chi connectivity index (χ4n) is 1.69. The van der Waals surface area contributed by atoms with Gasteiger partial charge >= 0.3 is 6.61 Å². The van der Waals surface area contributed by atoms with Gasteiger partial charge in [-0.2, -0.15) is 8.78 Å². The minimum absolute atomic E-state index is 0.135. The first-order valence-electron chi connectivity index (χ1n) is 6.16. The molecule has 0 heterocycles. The van der Waals surface area contributed by atoms with Gasteiger partial charge in [-0.05, 0) is 13.0 Å². The molecule has 6 heteroatoms. The zero-order valence-corrected chi connectivity index (χ0v) is 11.9. The van der Waals surface area contributed by atoms with Gasteiger partial charge in [0.25, 0.3) is 0 Å². The van der Waals surface area contributed by atoms with E-state index in [1.165, 1.54) is 6.07 Å². The summed E-state index contributed by atoms with van der Waals surface area (Å²) in [6, 6.07) is 6.55. The van der Waals surface area contributed by atoms with Crippen LogP contribution in [-0.2, 0) is 10.8 Å². The molecule has 1 aromatic carbocycles. The van der Waals surface area contributed by atoms with Crippen LogP contribution in [-0.4, -0.2) is 28.9 Å². The third-order valence-corrected chi connectivity index (χ3v) is 4.01. The number of halogens is 2. The Morgan fingerprint density at radius 2 is 2.05 bits per heavy atom. The summed E-state index contributed by atoms with van der Waals surface area (Å²) in [6.45, 7) is 1.47. The van der Waals surface area contributed by atoms with Crippen LogP contribution in [0.4, 0.5) is 8.78 Å². The molecular weight excluding hydrogens is 272 g/mol. The molecule has 0 bridgehead atoms. The summed E-state index contributed by atoms with van der Waals surface area (Å²) in [6.07, 6.45) is 0.